The summed E-state index contributed by atoms with van der Waals surface area (Å²) >= 11 is 0. The number of anilines is 1. The van der Waals surface area contributed by atoms with Gasteiger partial charge in [0.1, 0.15) is 11.4 Å². The average molecular weight is 442 g/mol. The molecule has 0 fully saturated rings. The van der Waals surface area contributed by atoms with Crippen molar-refractivity contribution in [3.8, 4) is 11.8 Å². The number of nitrogens with zero attached hydrogens (tertiary/aromatic N) is 3. The van der Waals surface area contributed by atoms with E-state index in [9.17, 15) is 23.9 Å². The Morgan fingerprint density at radius 1 is 1.00 bits per heavy atom. The van der Waals surface area contributed by atoms with Crippen molar-refractivity contribution >= 4 is 29.0 Å². The predicted octanol–water partition coefficient (Wildman–Crippen LogP) is 3.42. The van der Waals surface area contributed by atoms with Gasteiger partial charge in [0.25, 0.3) is 5.91 Å². The van der Waals surface area contributed by atoms with Gasteiger partial charge >= 0.3 is 5.97 Å². The summed E-state index contributed by atoms with van der Waals surface area (Å²) in [4.78, 5) is 35.4. The highest BCUT2D eigenvalue weighted by Crippen LogP contribution is 2.16. The van der Waals surface area contributed by atoms with E-state index < -0.39 is 17.7 Å². The molecule has 2 heterocycles. The van der Waals surface area contributed by atoms with Crippen LogP contribution in [-0.4, -0.2) is 37.4 Å². The van der Waals surface area contributed by atoms with Crippen molar-refractivity contribution in [1.82, 2.24) is 14.6 Å². The van der Waals surface area contributed by atoms with Gasteiger partial charge in [-0.2, -0.15) is 0 Å². The summed E-state index contributed by atoms with van der Waals surface area (Å²) in [5, 5.41) is 19.6. The summed E-state index contributed by atoms with van der Waals surface area (Å²) in [6, 6.07) is 13.1. The summed E-state index contributed by atoms with van der Waals surface area (Å²) in [6.45, 7) is 1.41. The number of amides is 1. The number of pyridine rings is 1. The summed E-state index contributed by atoms with van der Waals surface area (Å²) in [5.41, 5.74) is 1.06. The molecular weight excluding hydrogens is 427 g/mol. The number of Topliss-reactive ketones (excluding diaryl/α,β-unsaturated/α-hetero) is 1. The number of halogens is 1. The first-order chi connectivity index (χ1) is 15.8. The lowest BCUT2D eigenvalue weighted by molar-refractivity contribution is 0.0697. The van der Waals surface area contributed by atoms with Crippen LogP contribution in [-0.2, 0) is 0 Å². The van der Waals surface area contributed by atoms with Crippen LogP contribution in [0.25, 0.3) is 5.65 Å². The second-order valence-corrected chi connectivity index (χ2v) is 6.98. The fourth-order valence-corrected chi connectivity index (χ4v) is 3.07. The molecule has 9 heteroatoms. The normalized spacial score (nSPS) is 10.4. The Morgan fingerprint density at radius 2 is 1.79 bits per heavy atom. The Hall–Kier alpha value is -4.84. The molecule has 0 spiro atoms. The van der Waals surface area contributed by atoms with Crippen molar-refractivity contribution < 1.29 is 23.9 Å². The molecule has 0 bridgehead atoms. The maximum Gasteiger partial charge on any atom is 0.339 e. The number of nitrogens with one attached hydrogen (secondary N) is 1. The molecule has 2 aromatic heterocycles. The van der Waals surface area contributed by atoms with Crippen LogP contribution in [0.5, 0.6) is 0 Å². The van der Waals surface area contributed by atoms with Crippen molar-refractivity contribution in [3.05, 3.63) is 94.7 Å². The third-order valence-electron chi connectivity index (χ3n) is 4.73. The number of fused-ring (bicyclic) bond motifs is 1. The SMILES string of the molecule is CC(=O)c1cccc(C(=O)Nc2ccc(F)c(C#Cc3nnc4c(C(=O)O)cccn34)c2)c1. The maximum absolute atomic E-state index is 14.3. The molecule has 0 atom stereocenters. The van der Waals surface area contributed by atoms with E-state index in [1.54, 1.807) is 24.4 Å². The van der Waals surface area contributed by atoms with Gasteiger partial charge in [0, 0.05) is 23.0 Å². The molecule has 0 radical (unpaired) electrons. The quantitative estimate of drug-likeness (QED) is 0.370. The first-order valence-corrected chi connectivity index (χ1v) is 9.64. The average Bonchev–Trinajstić information content (AvgIpc) is 3.22. The number of carbonyl (C=O) groups excluding carboxylic acids is 2. The van der Waals surface area contributed by atoms with E-state index in [4.69, 9.17) is 0 Å². The highest BCUT2D eigenvalue weighted by molar-refractivity contribution is 6.06. The van der Waals surface area contributed by atoms with E-state index in [0.717, 1.165) is 6.07 Å². The van der Waals surface area contributed by atoms with Gasteiger partial charge in [-0.15, -0.1) is 10.2 Å². The lowest BCUT2D eigenvalue weighted by atomic mass is 10.1. The molecule has 0 saturated heterocycles. The Morgan fingerprint density at radius 3 is 2.55 bits per heavy atom. The molecule has 0 unspecified atom stereocenters. The molecule has 0 aliphatic carbocycles. The van der Waals surface area contributed by atoms with Gasteiger partial charge in [0.2, 0.25) is 5.82 Å². The second kappa shape index (κ2) is 8.72. The number of rotatable bonds is 4. The van der Waals surface area contributed by atoms with Crippen LogP contribution in [0.2, 0.25) is 0 Å². The molecule has 4 aromatic rings. The number of carboxylic acids is 1. The van der Waals surface area contributed by atoms with E-state index in [1.165, 1.54) is 41.7 Å². The van der Waals surface area contributed by atoms with Crippen molar-refractivity contribution in [2.45, 2.75) is 6.92 Å². The fraction of sp³-hybridized carbons (Fsp3) is 0.0417. The molecule has 162 valence electrons. The van der Waals surface area contributed by atoms with Crippen LogP contribution < -0.4 is 5.32 Å². The van der Waals surface area contributed by atoms with Gasteiger partial charge < -0.3 is 10.4 Å². The van der Waals surface area contributed by atoms with Crippen LogP contribution in [0.4, 0.5) is 10.1 Å². The zero-order valence-corrected chi connectivity index (χ0v) is 17.2. The molecule has 0 aliphatic heterocycles. The summed E-state index contributed by atoms with van der Waals surface area (Å²) < 4.78 is 15.7. The minimum atomic E-state index is -1.16. The standard InChI is InChI=1S/C24H15FN4O4/c1-14(30)15-4-2-5-17(12-15)23(31)26-18-8-9-20(25)16(13-18)7-10-21-27-28-22-19(24(32)33)6-3-11-29(21)22/h2-6,8-9,11-13H,1H3,(H,26,31)(H,32,33). The number of aromatic nitrogens is 3. The van der Waals surface area contributed by atoms with Crippen molar-refractivity contribution in [2.75, 3.05) is 5.32 Å². The number of aromatic carboxylic acids is 1. The van der Waals surface area contributed by atoms with Crippen molar-refractivity contribution in [1.29, 1.82) is 0 Å². The van der Waals surface area contributed by atoms with E-state index in [0.29, 0.717) is 11.3 Å². The van der Waals surface area contributed by atoms with E-state index in [2.05, 4.69) is 27.4 Å². The van der Waals surface area contributed by atoms with Gasteiger partial charge in [-0.1, -0.05) is 18.1 Å². The highest BCUT2D eigenvalue weighted by atomic mass is 19.1. The lowest BCUT2D eigenvalue weighted by Gasteiger charge is -2.07. The molecule has 2 aromatic carbocycles. The number of ketones is 1. The van der Waals surface area contributed by atoms with E-state index in [-0.39, 0.29) is 33.9 Å². The van der Waals surface area contributed by atoms with E-state index in [1.807, 2.05) is 0 Å². The Balaban J connectivity index is 1.61. The molecule has 4 rings (SSSR count). The smallest absolute Gasteiger partial charge is 0.339 e. The third-order valence-corrected chi connectivity index (χ3v) is 4.73. The van der Waals surface area contributed by atoms with Gasteiger partial charge in [-0.3, -0.25) is 14.0 Å². The lowest BCUT2D eigenvalue weighted by Crippen LogP contribution is -2.12. The molecular formula is C24H15FN4O4. The number of benzene rings is 2. The molecule has 1 amide bonds. The van der Waals surface area contributed by atoms with Crippen molar-refractivity contribution in [3.63, 3.8) is 0 Å². The number of hydrogen-bond acceptors (Lipinski definition) is 5. The summed E-state index contributed by atoms with van der Waals surface area (Å²) in [5.74, 6) is 3.05. The zero-order valence-electron chi connectivity index (χ0n) is 17.2. The topological polar surface area (TPSA) is 114 Å². The maximum atomic E-state index is 14.3. The van der Waals surface area contributed by atoms with E-state index >= 15 is 0 Å². The number of hydrogen-bond donors (Lipinski definition) is 2. The first kappa shape index (κ1) is 21.4. The van der Waals surface area contributed by atoms with Crippen LogP contribution >= 0.6 is 0 Å². The fourth-order valence-electron chi connectivity index (χ4n) is 3.07. The molecule has 0 saturated carbocycles. The molecule has 0 aliphatic rings. The highest BCUT2D eigenvalue weighted by Gasteiger charge is 2.13. The second-order valence-electron chi connectivity index (χ2n) is 6.98. The Bertz CT molecular complexity index is 1500. The van der Waals surface area contributed by atoms with Gasteiger partial charge in [0.15, 0.2) is 11.4 Å². The number of carbonyl (C=O) groups is 3. The minimum Gasteiger partial charge on any atom is -0.478 e. The largest absolute Gasteiger partial charge is 0.478 e. The van der Waals surface area contributed by atoms with Crippen LogP contribution in [0.1, 0.15) is 49.4 Å². The Kier molecular flexibility index (Phi) is 5.66. The van der Waals surface area contributed by atoms with Gasteiger partial charge in [-0.25, -0.2) is 9.18 Å². The van der Waals surface area contributed by atoms with Gasteiger partial charge in [-0.05, 0) is 55.3 Å². The number of carboxylic acid groups (broad SMARTS) is 1. The zero-order chi connectivity index (χ0) is 23.5. The third kappa shape index (κ3) is 4.45. The van der Waals surface area contributed by atoms with Crippen LogP contribution in [0.15, 0.2) is 60.8 Å². The molecule has 8 nitrogen and oxygen atoms in total. The van der Waals surface area contributed by atoms with Crippen LogP contribution in [0.3, 0.4) is 0 Å². The molecule has 33 heavy (non-hydrogen) atoms. The minimum absolute atomic E-state index is 0.00331. The first-order valence-electron chi connectivity index (χ1n) is 9.64. The van der Waals surface area contributed by atoms with Gasteiger partial charge in [0.05, 0.1) is 5.56 Å². The van der Waals surface area contributed by atoms with Crippen LogP contribution in [0, 0.1) is 17.7 Å². The van der Waals surface area contributed by atoms with Crippen molar-refractivity contribution in [2.24, 2.45) is 0 Å². The summed E-state index contributed by atoms with van der Waals surface area (Å²) in [6.07, 6.45) is 1.55. The predicted molar refractivity (Wildman–Crippen MR) is 117 cm³/mol. The molecule has 2 N–H and O–H groups in total. The Labute approximate surface area is 186 Å². The summed E-state index contributed by atoms with van der Waals surface area (Å²) in [7, 11) is 0. The monoisotopic (exact) mass is 442 g/mol.